The fourth-order valence-corrected chi connectivity index (χ4v) is 10.9. The fraction of sp³-hybridized carbons (Fsp3) is 0.581. The molecule has 2 aromatic carbocycles. The van der Waals surface area contributed by atoms with E-state index in [4.69, 9.17) is 8.85 Å². The van der Waals surface area contributed by atoms with Crippen molar-refractivity contribution in [3.8, 4) is 0 Å². The van der Waals surface area contributed by atoms with Crippen LogP contribution in [0.1, 0.15) is 67.2 Å². The van der Waals surface area contributed by atoms with Crippen molar-refractivity contribution in [3.05, 3.63) is 60.7 Å². The second-order valence-corrected chi connectivity index (χ2v) is 22.2. The zero-order valence-electron chi connectivity index (χ0n) is 23.8. The van der Waals surface area contributed by atoms with Gasteiger partial charge < -0.3 is 13.6 Å². The van der Waals surface area contributed by atoms with E-state index in [1.807, 2.05) is 0 Å². The van der Waals surface area contributed by atoms with Gasteiger partial charge in [-0.2, -0.15) is 0 Å². The molecule has 1 fully saturated rings. The Morgan fingerprint density at radius 1 is 0.861 bits per heavy atom. The van der Waals surface area contributed by atoms with E-state index in [0.29, 0.717) is 5.92 Å². The first kappa shape index (κ1) is 29.0. The molecular formula is C31H48O3Si2. The SMILES string of the molecule is CC(C)(C)[Si](C)(C)OCCCC[C@@H](O[Si](c1ccccc1)(c1ccccc1)C(C)(C)C)[C@H]1C[C@H]1C=O. The Balaban J connectivity index is 1.85. The van der Waals surface area contributed by atoms with Crippen molar-refractivity contribution in [2.75, 3.05) is 6.61 Å². The first-order valence-corrected chi connectivity index (χ1v) is 18.5. The molecule has 1 aliphatic rings. The molecule has 0 spiro atoms. The predicted molar refractivity (Wildman–Crippen MR) is 157 cm³/mol. The van der Waals surface area contributed by atoms with Crippen LogP contribution in [-0.2, 0) is 13.6 Å². The first-order valence-electron chi connectivity index (χ1n) is 13.7. The van der Waals surface area contributed by atoms with Gasteiger partial charge in [0.25, 0.3) is 8.32 Å². The van der Waals surface area contributed by atoms with Gasteiger partial charge >= 0.3 is 0 Å². The van der Waals surface area contributed by atoms with Crippen LogP contribution < -0.4 is 10.4 Å². The van der Waals surface area contributed by atoms with Crippen LogP contribution in [0, 0.1) is 11.8 Å². The molecule has 0 aliphatic heterocycles. The molecular weight excluding hydrogens is 477 g/mol. The molecule has 5 heteroatoms. The Bertz CT molecular complexity index is 921. The third kappa shape index (κ3) is 6.47. The van der Waals surface area contributed by atoms with Gasteiger partial charge in [-0.15, -0.1) is 0 Å². The van der Waals surface area contributed by atoms with Crippen molar-refractivity contribution < 1.29 is 13.6 Å². The monoisotopic (exact) mass is 524 g/mol. The minimum Gasteiger partial charge on any atom is -0.417 e. The predicted octanol–water partition coefficient (Wildman–Crippen LogP) is 6.96. The summed E-state index contributed by atoms with van der Waals surface area (Å²) in [6.07, 6.45) is 5.24. The van der Waals surface area contributed by atoms with E-state index in [1.165, 1.54) is 10.4 Å². The van der Waals surface area contributed by atoms with Crippen molar-refractivity contribution in [3.63, 3.8) is 0 Å². The van der Waals surface area contributed by atoms with Gasteiger partial charge in [0.15, 0.2) is 8.32 Å². The van der Waals surface area contributed by atoms with Crippen molar-refractivity contribution in [2.24, 2.45) is 11.8 Å². The lowest BCUT2D eigenvalue weighted by Gasteiger charge is -2.45. The zero-order valence-corrected chi connectivity index (χ0v) is 25.8. The lowest BCUT2D eigenvalue weighted by molar-refractivity contribution is -0.109. The largest absolute Gasteiger partial charge is 0.417 e. The Morgan fingerprint density at radius 2 is 1.39 bits per heavy atom. The molecule has 0 radical (unpaired) electrons. The fourth-order valence-electron chi connectivity index (χ4n) is 5.09. The van der Waals surface area contributed by atoms with Gasteiger partial charge in [-0.05, 0) is 65.1 Å². The second-order valence-electron chi connectivity index (χ2n) is 13.1. The molecule has 3 nitrogen and oxygen atoms in total. The highest BCUT2D eigenvalue weighted by Crippen LogP contribution is 2.46. The van der Waals surface area contributed by atoms with Gasteiger partial charge in [-0.25, -0.2) is 0 Å². The van der Waals surface area contributed by atoms with Gasteiger partial charge in [0.2, 0.25) is 0 Å². The zero-order chi connectivity index (χ0) is 26.6. The summed E-state index contributed by atoms with van der Waals surface area (Å²) < 4.78 is 13.9. The van der Waals surface area contributed by atoms with Gasteiger partial charge in [0.05, 0.1) is 0 Å². The number of rotatable bonds is 12. The number of unbranched alkanes of at least 4 members (excludes halogenated alkanes) is 1. The summed E-state index contributed by atoms with van der Waals surface area (Å²) in [6, 6.07) is 21.7. The molecule has 0 unspecified atom stereocenters. The van der Waals surface area contributed by atoms with Gasteiger partial charge in [0.1, 0.15) is 6.29 Å². The first-order chi connectivity index (χ1) is 16.8. The maximum absolute atomic E-state index is 11.7. The van der Waals surface area contributed by atoms with Crippen LogP contribution in [0.5, 0.6) is 0 Å². The summed E-state index contributed by atoms with van der Waals surface area (Å²) in [5, 5.41) is 2.77. The number of aldehydes is 1. The van der Waals surface area contributed by atoms with Crippen molar-refractivity contribution >= 4 is 33.3 Å². The Kier molecular flexibility index (Phi) is 9.24. The van der Waals surface area contributed by atoms with Crippen molar-refractivity contribution in [2.45, 2.75) is 96.5 Å². The molecule has 3 rings (SSSR count). The summed E-state index contributed by atoms with van der Waals surface area (Å²) in [6.45, 7) is 19.3. The van der Waals surface area contributed by atoms with Crippen LogP contribution >= 0.6 is 0 Å². The molecule has 0 heterocycles. The van der Waals surface area contributed by atoms with Crippen LogP contribution in [0.3, 0.4) is 0 Å². The van der Waals surface area contributed by atoms with E-state index >= 15 is 0 Å². The number of benzene rings is 2. The van der Waals surface area contributed by atoms with E-state index < -0.39 is 16.6 Å². The lowest BCUT2D eigenvalue weighted by atomic mass is 10.1. The third-order valence-corrected chi connectivity index (χ3v) is 18.0. The molecule has 0 aromatic heterocycles. The van der Waals surface area contributed by atoms with E-state index in [2.05, 4.69) is 115 Å². The Labute approximate surface area is 222 Å². The molecule has 0 N–H and O–H groups in total. The minimum atomic E-state index is -2.64. The third-order valence-electron chi connectivity index (χ3n) is 8.44. The van der Waals surface area contributed by atoms with Crippen LogP contribution in [-0.4, -0.2) is 35.6 Å². The molecule has 1 aliphatic carbocycles. The number of carbonyl (C=O) groups excluding carboxylic acids is 1. The summed E-state index contributed by atoms with van der Waals surface area (Å²) in [4.78, 5) is 11.7. The number of hydrogen-bond acceptors (Lipinski definition) is 3. The quantitative estimate of drug-likeness (QED) is 0.171. The van der Waals surface area contributed by atoms with E-state index in [0.717, 1.165) is 38.6 Å². The molecule has 0 saturated heterocycles. The van der Waals surface area contributed by atoms with Gasteiger partial charge in [0, 0.05) is 18.6 Å². The van der Waals surface area contributed by atoms with Gasteiger partial charge in [-0.1, -0.05) is 102 Å². The Hall–Kier alpha value is -1.54. The summed E-state index contributed by atoms with van der Waals surface area (Å²) in [5.41, 5.74) is 0. The highest BCUT2D eigenvalue weighted by molar-refractivity contribution is 6.99. The van der Waals surface area contributed by atoms with Crippen molar-refractivity contribution in [1.29, 1.82) is 0 Å². The van der Waals surface area contributed by atoms with Crippen molar-refractivity contribution in [1.82, 2.24) is 0 Å². The second kappa shape index (κ2) is 11.5. The topological polar surface area (TPSA) is 35.5 Å². The van der Waals surface area contributed by atoms with E-state index in [-0.39, 0.29) is 22.1 Å². The Morgan fingerprint density at radius 3 is 1.81 bits per heavy atom. The van der Waals surface area contributed by atoms with E-state index in [9.17, 15) is 4.79 Å². The molecule has 0 bridgehead atoms. The lowest BCUT2D eigenvalue weighted by Crippen LogP contribution is -2.68. The van der Waals surface area contributed by atoms with Crippen LogP contribution in [0.25, 0.3) is 0 Å². The highest BCUT2D eigenvalue weighted by Gasteiger charge is 2.54. The average Bonchev–Trinajstić information content (AvgIpc) is 3.60. The normalized spacial score (nSPS) is 19.7. The maximum atomic E-state index is 11.7. The minimum absolute atomic E-state index is 0.0645. The summed E-state index contributed by atoms with van der Waals surface area (Å²) >= 11 is 0. The molecule has 198 valence electrons. The number of hydrogen-bond donors (Lipinski definition) is 0. The smallest absolute Gasteiger partial charge is 0.261 e. The number of carbonyl (C=O) groups is 1. The summed E-state index contributed by atoms with van der Waals surface area (Å²) in [7, 11) is -4.37. The maximum Gasteiger partial charge on any atom is 0.261 e. The van der Waals surface area contributed by atoms with Gasteiger partial charge in [-0.3, -0.25) is 0 Å². The molecule has 1 saturated carbocycles. The standard InChI is InChI=1S/C31H48O3Si2/c1-30(2,3)35(7,8)33-22-16-15-21-29(28-23-25(28)24-32)34-36(31(4,5)6,26-17-11-9-12-18-26)27-19-13-10-14-20-27/h9-14,17-20,24-25,28-29H,15-16,21-23H2,1-8H3/t25-,28-,29+/m0/s1. The average molecular weight is 525 g/mol. The van der Waals surface area contributed by atoms with Crippen LogP contribution in [0.15, 0.2) is 60.7 Å². The van der Waals surface area contributed by atoms with Crippen LogP contribution in [0.4, 0.5) is 0 Å². The van der Waals surface area contributed by atoms with Crippen LogP contribution in [0.2, 0.25) is 23.2 Å². The summed E-state index contributed by atoms with van der Waals surface area (Å²) in [5.74, 6) is 0.460. The molecule has 0 amide bonds. The highest BCUT2D eigenvalue weighted by atomic mass is 28.4. The molecule has 36 heavy (non-hydrogen) atoms. The molecule has 2 aromatic rings. The molecule has 3 atom stereocenters. The van der Waals surface area contributed by atoms with E-state index in [1.54, 1.807) is 0 Å².